The number of H-pyrrole nitrogens is 1. The highest BCUT2D eigenvalue weighted by atomic mass is 32.1. The minimum atomic E-state index is 0.0651. The highest BCUT2D eigenvalue weighted by Gasteiger charge is 2.22. The van der Waals surface area contributed by atoms with E-state index in [0.717, 1.165) is 16.8 Å². The number of nitrogens with one attached hydrogen (secondary N) is 1. The largest absolute Gasteiger partial charge is 0.331 e. The Hall–Kier alpha value is -1.13. The van der Waals surface area contributed by atoms with Crippen LogP contribution in [-0.2, 0) is 6.54 Å². The Labute approximate surface area is 113 Å². The third kappa shape index (κ3) is 2.22. The minimum Gasteiger partial charge on any atom is -0.331 e. The summed E-state index contributed by atoms with van der Waals surface area (Å²) >= 11 is 5.46. The fraction of sp³-hybridized carbons (Fsp3) is 0.500. The molecule has 0 bridgehead atoms. The topological polar surface area (TPSA) is 24.0 Å². The molecule has 2 aromatic rings. The van der Waals surface area contributed by atoms with E-state index < -0.39 is 0 Å². The number of aromatic amines is 1. The van der Waals surface area contributed by atoms with Crippen molar-refractivity contribution in [2.45, 2.75) is 32.9 Å². The first-order valence-corrected chi connectivity index (χ1v) is 6.59. The van der Waals surface area contributed by atoms with Crippen molar-refractivity contribution in [3.8, 4) is 0 Å². The van der Waals surface area contributed by atoms with Crippen LogP contribution >= 0.6 is 12.2 Å². The zero-order valence-electron chi connectivity index (χ0n) is 11.7. The number of hydrogen-bond acceptors (Lipinski definition) is 2. The van der Waals surface area contributed by atoms with Crippen LogP contribution in [0.5, 0.6) is 0 Å². The van der Waals surface area contributed by atoms with Gasteiger partial charge >= 0.3 is 0 Å². The van der Waals surface area contributed by atoms with Crippen LogP contribution in [0.25, 0.3) is 11.0 Å². The Morgan fingerprint density at radius 2 is 2.00 bits per heavy atom. The molecule has 0 aliphatic carbocycles. The van der Waals surface area contributed by atoms with Crippen molar-refractivity contribution >= 4 is 23.3 Å². The highest BCUT2D eigenvalue weighted by molar-refractivity contribution is 7.71. The SMILES string of the molecule is Cc1cccc2[nH]c(=S)n(CC(C)(C)N(C)C)c12. The van der Waals surface area contributed by atoms with Crippen molar-refractivity contribution in [2.75, 3.05) is 14.1 Å². The lowest BCUT2D eigenvalue weighted by atomic mass is 10.0. The van der Waals surface area contributed by atoms with Crippen LogP contribution in [0.15, 0.2) is 18.2 Å². The number of para-hydroxylation sites is 1. The molecule has 0 radical (unpaired) electrons. The normalized spacial score (nSPS) is 12.6. The van der Waals surface area contributed by atoms with E-state index in [1.165, 1.54) is 11.1 Å². The lowest BCUT2D eigenvalue weighted by Gasteiger charge is -2.33. The molecule has 18 heavy (non-hydrogen) atoms. The second-order valence-corrected chi connectivity index (χ2v) is 6.08. The zero-order valence-corrected chi connectivity index (χ0v) is 12.6. The summed E-state index contributed by atoms with van der Waals surface area (Å²) in [5.41, 5.74) is 3.66. The van der Waals surface area contributed by atoms with Gasteiger partial charge in [0.25, 0.3) is 0 Å². The summed E-state index contributed by atoms with van der Waals surface area (Å²) in [4.78, 5) is 5.52. The standard InChI is InChI=1S/C14H21N3S/c1-10-7-6-8-11-12(10)17(13(18)15-11)9-14(2,3)16(4)5/h6-8H,9H2,1-5H3,(H,15,18). The summed E-state index contributed by atoms with van der Waals surface area (Å²) in [7, 11) is 4.20. The van der Waals surface area contributed by atoms with Gasteiger partial charge in [-0.25, -0.2) is 0 Å². The number of nitrogens with zero attached hydrogens (tertiary/aromatic N) is 2. The maximum absolute atomic E-state index is 5.46. The van der Waals surface area contributed by atoms with Crippen molar-refractivity contribution in [3.63, 3.8) is 0 Å². The molecule has 98 valence electrons. The van der Waals surface area contributed by atoms with Crippen LogP contribution in [-0.4, -0.2) is 34.1 Å². The number of likely N-dealkylation sites (N-methyl/N-ethyl adjacent to an activating group) is 1. The molecular weight excluding hydrogens is 242 g/mol. The van der Waals surface area contributed by atoms with Crippen LogP contribution in [0, 0.1) is 11.7 Å². The van der Waals surface area contributed by atoms with Gasteiger partial charge in [-0.05, 0) is 58.7 Å². The summed E-state index contributed by atoms with van der Waals surface area (Å²) < 4.78 is 3.01. The Bertz CT molecular complexity index is 619. The van der Waals surface area contributed by atoms with Gasteiger partial charge in [-0.3, -0.25) is 0 Å². The van der Waals surface area contributed by atoms with E-state index in [-0.39, 0.29) is 5.54 Å². The molecule has 0 fully saturated rings. The molecule has 0 saturated carbocycles. The fourth-order valence-corrected chi connectivity index (χ4v) is 2.35. The van der Waals surface area contributed by atoms with Crippen LogP contribution < -0.4 is 0 Å². The Morgan fingerprint density at radius 1 is 1.33 bits per heavy atom. The molecule has 0 atom stereocenters. The number of imidazole rings is 1. The molecule has 2 rings (SSSR count). The quantitative estimate of drug-likeness (QED) is 0.859. The van der Waals surface area contributed by atoms with Gasteiger partial charge < -0.3 is 14.5 Å². The van der Waals surface area contributed by atoms with Crippen LogP contribution in [0.1, 0.15) is 19.4 Å². The van der Waals surface area contributed by atoms with Gasteiger partial charge in [0, 0.05) is 12.1 Å². The third-order valence-corrected chi connectivity index (χ3v) is 4.07. The van der Waals surface area contributed by atoms with Crippen molar-refractivity contribution in [1.82, 2.24) is 14.5 Å². The van der Waals surface area contributed by atoms with E-state index in [1.807, 2.05) is 0 Å². The second-order valence-electron chi connectivity index (χ2n) is 5.69. The van der Waals surface area contributed by atoms with Gasteiger partial charge in [0.1, 0.15) is 0 Å². The number of rotatable bonds is 3. The number of aryl methyl sites for hydroxylation is 1. The van der Waals surface area contributed by atoms with Gasteiger partial charge in [0.2, 0.25) is 0 Å². The van der Waals surface area contributed by atoms with Gasteiger partial charge in [0.15, 0.2) is 4.77 Å². The lowest BCUT2D eigenvalue weighted by Crippen LogP contribution is -2.42. The minimum absolute atomic E-state index is 0.0651. The van der Waals surface area contributed by atoms with E-state index in [9.17, 15) is 0 Å². The number of aromatic nitrogens is 2. The monoisotopic (exact) mass is 263 g/mol. The van der Waals surface area contributed by atoms with Gasteiger partial charge in [0.05, 0.1) is 11.0 Å². The second kappa shape index (κ2) is 4.52. The van der Waals surface area contributed by atoms with Gasteiger partial charge in [-0.1, -0.05) is 12.1 Å². The van der Waals surface area contributed by atoms with E-state index >= 15 is 0 Å². The molecule has 0 saturated heterocycles. The zero-order chi connectivity index (χ0) is 13.5. The first-order chi connectivity index (χ1) is 8.33. The average molecular weight is 263 g/mol. The van der Waals surface area contributed by atoms with E-state index in [2.05, 4.69) is 67.5 Å². The number of fused-ring (bicyclic) bond motifs is 1. The molecule has 0 amide bonds. The molecule has 1 aromatic heterocycles. The van der Waals surface area contributed by atoms with Crippen LogP contribution in [0.3, 0.4) is 0 Å². The predicted molar refractivity (Wildman–Crippen MR) is 79.6 cm³/mol. The molecule has 1 aromatic carbocycles. The summed E-state index contributed by atoms with van der Waals surface area (Å²) in [6.07, 6.45) is 0. The maximum Gasteiger partial charge on any atom is 0.178 e. The highest BCUT2D eigenvalue weighted by Crippen LogP contribution is 2.22. The van der Waals surface area contributed by atoms with Gasteiger partial charge in [-0.15, -0.1) is 0 Å². The smallest absolute Gasteiger partial charge is 0.178 e. The maximum atomic E-state index is 5.46. The third-order valence-electron chi connectivity index (χ3n) is 3.75. The summed E-state index contributed by atoms with van der Waals surface area (Å²) in [6.45, 7) is 7.46. The summed E-state index contributed by atoms with van der Waals surface area (Å²) in [5, 5.41) is 0. The number of benzene rings is 1. The van der Waals surface area contributed by atoms with Crippen molar-refractivity contribution in [3.05, 3.63) is 28.5 Å². The van der Waals surface area contributed by atoms with Crippen molar-refractivity contribution in [1.29, 1.82) is 0 Å². The molecule has 0 spiro atoms. The predicted octanol–water partition coefficient (Wildman–Crippen LogP) is 3.35. The fourth-order valence-electron chi connectivity index (χ4n) is 2.08. The first-order valence-electron chi connectivity index (χ1n) is 6.18. The Kier molecular flexibility index (Phi) is 3.34. The Morgan fingerprint density at radius 3 is 2.61 bits per heavy atom. The molecule has 1 heterocycles. The van der Waals surface area contributed by atoms with Crippen LogP contribution in [0.2, 0.25) is 0 Å². The molecule has 0 aliphatic heterocycles. The molecule has 0 aliphatic rings. The van der Waals surface area contributed by atoms with Gasteiger partial charge in [-0.2, -0.15) is 0 Å². The molecule has 0 unspecified atom stereocenters. The summed E-state index contributed by atoms with van der Waals surface area (Å²) in [5.74, 6) is 0. The molecular formula is C14H21N3S. The molecule has 3 nitrogen and oxygen atoms in total. The van der Waals surface area contributed by atoms with Crippen molar-refractivity contribution in [2.24, 2.45) is 0 Å². The van der Waals surface area contributed by atoms with E-state index in [1.54, 1.807) is 0 Å². The first kappa shape index (κ1) is 13.3. The van der Waals surface area contributed by atoms with E-state index in [4.69, 9.17) is 12.2 Å². The summed E-state index contributed by atoms with van der Waals surface area (Å²) in [6, 6.07) is 6.27. The van der Waals surface area contributed by atoms with E-state index in [0.29, 0.717) is 0 Å². The average Bonchev–Trinajstić information content (AvgIpc) is 2.56. The molecule has 4 heteroatoms. The van der Waals surface area contributed by atoms with Crippen LogP contribution in [0.4, 0.5) is 0 Å². The Balaban J connectivity index is 2.58. The molecule has 1 N–H and O–H groups in total. The number of hydrogen-bond donors (Lipinski definition) is 1. The lowest BCUT2D eigenvalue weighted by molar-refractivity contribution is 0.170. The van der Waals surface area contributed by atoms with Crippen molar-refractivity contribution < 1.29 is 0 Å².